The van der Waals surface area contributed by atoms with Gasteiger partial charge in [0.15, 0.2) is 11.6 Å². The fourth-order valence-corrected chi connectivity index (χ4v) is 1.86. The smallest absolute Gasteiger partial charge is 0.303 e. The van der Waals surface area contributed by atoms with Crippen LogP contribution < -0.4 is 0 Å². The molecular formula is C14H18F3NO2. The standard InChI is InChI=1S/C14H18F3NO2/c1-9(2)18(5-3-4-14(19)20)8-10-6-12(16)13(17)7-11(10)15/h6-7,9H,3-5,8H2,1-2H3,(H,19,20). The first-order chi connectivity index (χ1) is 9.31. The van der Waals surface area contributed by atoms with Crippen molar-refractivity contribution in [2.24, 2.45) is 0 Å². The zero-order chi connectivity index (χ0) is 15.3. The first kappa shape index (κ1) is 16.5. The highest BCUT2D eigenvalue weighted by Gasteiger charge is 2.15. The Bertz CT molecular complexity index is 478. The predicted octanol–water partition coefficient (Wildman–Crippen LogP) is 3.18. The number of benzene rings is 1. The van der Waals surface area contributed by atoms with Crippen LogP contribution in [0.15, 0.2) is 12.1 Å². The molecule has 1 N–H and O–H groups in total. The number of hydrogen-bond acceptors (Lipinski definition) is 2. The zero-order valence-electron chi connectivity index (χ0n) is 11.5. The van der Waals surface area contributed by atoms with Gasteiger partial charge in [-0.1, -0.05) is 0 Å². The number of carboxylic acid groups (broad SMARTS) is 1. The van der Waals surface area contributed by atoms with E-state index in [2.05, 4.69) is 0 Å². The van der Waals surface area contributed by atoms with Crippen LogP contribution >= 0.6 is 0 Å². The van der Waals surface area contributed by atoms with Crippen molar-refractivity contribution in [3.05, 3.63) is 35.1 Å². The quantitative estimate of drug-likeness (QED) is 0.784. The van der Waals surface area contributed by atoms with Gasteiger partial charge in [0.1, 0.15) is 5.82 Å². The summed E-state index contributed by atoms with van der Waals surface area (Å²) in [7, 11) is 0. The maximum Gasteiger partial charge on any atom is 0.303 e. The van der Waals surface area contributed by atoms with Crippen LogP contribution in [0.25, 0.3) is 0 Å². The van der Waals surface area contributed by atoms with Crippen LogP contribution in [-0.2, 0) is 11.3 Å². The Kier molecular flexibility index (Phi) is 6.01. The summed E-state index contributed by atoms with van der Waals surface area (Å²) in [4.78, 5) is 12.3. The van der Waals surface area contributed by atoms with Gasteiger partial charge in [-0.2, -0.15) is 0 Å². The summed E-state index contributed by atoms with van der Waals surface area (Å²) >= 11 is 0. The molecule has 0 unspecified atom stereocenters. The fraction of sp³-hybridized carbons (Fsp3) is 0.500. The van der Waals surface area contributed by atoms with Crippen molar-refractivity contribution in [2.45, 2.75) is 39.3 Å². The van der Waals surface area contributed by atoms with Crippen molar-refractivity contribution >= 4 is 5.97 Å². The lowest BCUT2D eigenvalue weighted by molar-refractivity contribution is -0.137. The average Bonchev–Trinajstić information content (AvgIpc) is 2.33. The Hall–Kier alpha value is -1.56. The van der Waals surface area contributed by atoms with Crippen LogP contribution in [0.3, 0.4) is 0 Å². The Balaban J connectivity index is 2.75. The van der Waals surface area contributed by atoms with Crippen molar-refractivity contribution in [3.8, 4) is 0 Å². The van der Waals surface area contributed by atoms with Gasteiger partial charge in [0, 0.05) is 30.6 Å². The molecule has 3 nitrogen and oxygen atoms in total. The normalized spacial score (nSPS) is 11.3. The van der Waals surface area contributed by atoms with Gasteiger partial charge < -0.3 is 5.11 Å². The van der Waals surface area contributed by atoms with Crippen molar-refractivity contribution in [2.75, 3.05) is 6.54 Å². The van der Waals surface area contributed by atoms with Crippen LogP contribution in [0.1, 0.15) is 32.3 Å². The number of carbonyl (C=O) groups is 1. The highest BCUT2D eigenvalue weighted by atomic mass is 19.2. The van der Waals surface area contributed by atoms with E-state index in [0.29, 0.717) is 19.0 Å². The molecule has 1 aromatic carbocycles. The monoisotopic (exact) mass is 289 g/mol. The molecule has 0 amide bonds. The number of nitrogens with zero attached hydrogens (tertiary/aromatic N) is 1. The van der Waals surface area contributed by atoms with E-state index >= 15 is 0 Å². The number of halogens is 3. The molecule has 0 aliphatic heterocycles. The van der Waals surface area contributed by atoms with Gasteiger partial charge in [-0.05, 0) is 32.9 Å². The van der Waals surface area contributed by atoms with Crippen LogP contribution in [0.2, 0.25) is 0 Å². The second-order valence-electron chi connectivity index (χ2n) is 4.92. The van der Waals surface area contributed by atoms with E-state index in [1.165, 1.54) is 0 Å². The minimum atomic E-state index is -1.21. The summed E-state index contributed by atoms with van der Waals surface area (Å²) in [5.41, 5.74) is 0.0629. The Morgan fingerprint density at radius 1 is 1.20 bits per heavy atom. The molecule has 0 saturated carbocycles. The van der Waals surface area contributed by atoms with E-state index in [0.717, 1.165) is 6.07 Å². The lowest BCUT2D eigenvalue weighted by Crippen LogP contribution is -2.32. The highest BCUT2D eigenvalue weighted by molar-refractivity contribution is 5.66. The fourth-order valence-electron chi connectivity index (χ4n) is 1.86. The molecular weight excluding hydrogens is 271 g/mol. The van der Waals surface area contributed by atoms with E-state index < -0.39 is 23.4 Å². The largest absolute Gasteiger partial charge is 0.481 e. The Labute approximate surface area is 116 Å². The summed E-state index contributed by atoms with van der Waals surface area (Å²) < 4.78 is 39.6. The minimum Gasteiger partial charge on any atom is -0.481 e. The maximum absolute atomic E-state index is 13.6. The van der Waals surface area contributed by atoms with Crippen molar-refractivity contribution in [1.29, 1.82) is 0 Å². The van der Waals surface area contributed by atoms with Crippen molar-refractivity contribution < 1.29 is 23.1 Å². The third-order valence-electron chi connectivity index (χ3n) is 3.03. The topological polar surface area (TPSA) is 40.5 Å². The Morgan fingerprint density at radius 2 is 1.80 bits per heavy atom. The molecule has 0 heterocycles. The summed E-state index contributed by atoms with van der Waals surface area (Å²) in [5.74, 6) is -4.00. The number of hydrogen-bond donors (Lipinski definition) is 1. The third-order valence-corrected chi connectivity index (χ3v) is 3.03. The third kappa shape index (κ3) is 4.85. The van der Waals surface area contributed by atoms with Crippen molar-refractivity contribution in [1.82, 2.24) is 4.90 Å². The molecule has 20 heavy (non-hydrogen) atoms. The van der Waals surface area contributed by atoms with Gasteiger partial charge in [-0.3, -0.25) is 9.69 Å². The van der Waals surface area contributed by atoms with Gasteiger partial charge in [-0.25, -0.2) is 13.2 Å². The lowest BCUT2D eigenvalue weighted by Gasteiger charge is -2.26. The van der Waals surface area contributed by atoms with E-state index in [1.807, 2.05) is 18.7 Å². The summed E-state index contributed by atoms with van der Waals surface area (Å²) in [6.07, 6.45) is 0.433. The van der Waals surface area contributed by atoms with E-state index in [1.54, 1.807) is 0 Å². The molecule has 112 valence electrons. The van der Waals surface area contributed by atoms with Gasteiger partial charge in [0.2, 0.25) is 0 Å². The van der Waals surface area contributed by atoms with Crippen LogP contribution in [0.5, 0.6) is 0 Å². The van der Waals surface area contributed by atoms with Gasteiger partial charge >= 0.3 is 5.97 Å². The molecule has 0 saturated heterocycles. The molecule has 0 spiro atoms. The van der Waals surface area contributed by atoms with Crippen molar-refractivity contribution in [3.63, 3.8) is 0 Å². The lowest BCUT2D eigenvalue weighted by atomic mass is 10.1. The second-order valence-corrected chi connectivity index (χ2v) is 4.92. The zero-order valence-corrected chi connectivity index (χ0v) is 11.5. The molecule has 1 aromatic rings. The molecule has 6 heteroatoms. The van der Waals surface area contributed by atoms with Gasteiger partial charge in [0.05, 0.1) is 0 Å². The van der Waals surface area contributed by atoms with Gasteiger partial charge in [0.25, 0.3) is 0 Å². The first-order valence-corrected chi connectivity index (χ1v) is 6.40. The minimum absolute atomic E-state index is 0.0173. The predicted molar refractivity (Wildman–Crippen MR) is 68.7 cm³/mol. The van der Waals surface area contributed by atoms with E-state index in [4.69, 9.17) is 5.11 Å². The second kappa shape index (κ2) is 7.28. The maximum atomic E-state index is 13.6. The summed E-state index contributed by atoms with van der Waals surface area (Å²) in [6, 6.07) is 1.41. The molecule has 1 rings (SSSR count). The number of carboxylic acids is 1. The first-order valence-electron chi connectivity index (χ1n) is 6.40. The SMILES string of the molecule is CC(C)N(CCCC(=O)O)Cc1cc(F)c(F)cc1F. The highest BCUT2D eigenvalue weighted by Crippen LogP contribution is 2.17. The molecule has 0 aliphatic rings. The summed E-state index contributed by atoms with van der Waals surface area (Å²) in [6.45, 7) is 4.31. The molecule has 0 aliphatic carbocycles. The van der Waals surface area contributed by atoms with Gasteiger partial charge in [-0.15, -0.1) is 0 Å². The Morgan fingerprint density at radius 3 is 2.35 bits per heavy atom. The number of aliphatic carboxylic acids is 1. The number of rotatable bonds is 7. The molecule has 0 aromatic heterocycles. The molecule has 0 radical (unpaired) electrons. The van der Waals surface area contributed by atoms with E-state index in [9.17, 15) is 18.0 Å². The average molecular weight is 289 g/mol. The molecule has 0 fully saturated rings. The van der Waals surface area contributed by atoms with Crippen LogP contribution in [0, 0.1) is 17.5 Å². The molecule has 0 bridgehead atoms. The van der Waals surface area contributed by atoms with Crippen LogP contribution in [0.4, 0.5) is 13.2 Å². The van der Waals surface area contributed by atoms with E-state index in [-0.39, 0.29) is 24.6 Å². The molecule has 0 atom stereocenters. The summed E-state index contributed by atoms with van der Waals surface area (Å²) in [5, 5.41) is 8.60. The van der Waals surface area contributed by atoms with Crippen LogP contribution in [-0.4, -0.2) is 28.6 Å².